The van der Waals surface area contributed by atoms with Crippen LogP contribution >= 0.6 is 0 Å². The number of hydrogen-bond acceptors (Lipinski definition) is 3. The molecule has 0 saturated carbocycles. The number of carbonyl (C=O) groups excluding carboxylic acids is 1. The Morgan fingerprint density at radius 2 is 1.46 bits per heavy atom. The van der Waals surface area contributed by atoms with E-state index < -0.39 is 9.84 Å². The number of para-hydroxylation sites is 1. The van der Waals surface area contributed by atoms with Gasteiger partial charge in [0.05, 0.1) is 11.3 Å². The van der Waals surface area contributed by atoms with Crippen LogP contribution in [-0.2, 0) is 31.9 Å². The van der Waals surface area contributed by atoms with E-state index in [1.165, 1.54) is 6.26 Å². The predicted molar refractivity (Wildman–Crippen MR) is 116 cm³/mol. The molecule has 0 heterocycles. The summed E-state index contributed by atoms with van der Waals surface area (Å²) in [5.74, 6) is -0.167. The molecule has 5 heteroatoms. The van der Waals surface area contributed by atoms with Crippen molar-refractivity contribution in [3.05, 3.63) is 59.2 Å². The summed E-state index contributed by atoms with van der Waals surface area (Å²) in [6, 6.07) is 13.0. The second kappa shape index (κ2) is 7.70. The molecule has 152 valence electrons. The first-order valence-corrected chi connectivity index (χ1v) is 11.3. The van der Waals surface area contributed by atoms with Crippen molar-refractivity contribution in [1.82, 2.24) is 0 Å². The van der Waals surface area contributed by atoms with Crippen molar-refractivity contribution >= 4 is 21.4 Å². The van der Waals surface area contributed by atoms with Gasteiger partial charge in [-0.25, -0.2) is 8.42 Å². The fourth-order valence-corrected chi connectivity index (χ4v) is 4.37. The number of amides is 1. The zero-order chi connectivity index (χ0) is 21.3. The summed E-state index contributed by atoms with van der Waals surface area (Å²) in [4.78, 5) is 12.9. The molecule has 2 aromatic carbocycles. The molecule has 0 aliphatic heterocycles. The highest BCUT2D eigenvalue weighted by Gasteiger charge is 2.24. The van der Waals surface area contributed by atoms with Crippen LogP contribution < -0.4 is 5.32 Å². The van der Waals surface area contributed by atoms with E-state index >= 15 is 0 Å². The van der Waals surface area contributed by atoms with E-state index in [0.717, 1.165) is 16.8 Å². The highest BCUT2D eigenvalue weighted by molar-refractivity contribution is 7.90. The Morgan fingerprint density at radius 1 is 0.893 bits per heavy atom. The topological polar surface area (TPSA) is 63.2 Å². The van der Waals surface area contributed by atoms with Crippen molar-refractivity contribution in [3.8, 4) is 0 Å². The molecule has 1 N–H and O–H groups in total. The minimum Gasteiger partial charge on any atom is -0.326 e. The molecule has 0 saturated heterocycles. The van der Waals surface area contributed by atoms with Crippen LogP contribution in [0.5, 0.6) is 0 Å². The summed E-state index contributed by atoms with van der Waals surface area (Å²) in [7, 11) is -3.39. The van der Waals surface area contributed by atoms with Crippen LogP contribution in [0.3, 0.4) is 0 Å². The van der Waals surface area contributed by atoms with Gasteiger partial charge in [-0.1, -0.05) is 71.9 Å². The molecule has 28 heavy (non-hydrogen) atoms. The van der Waals surface area contributed by atoms with E-state index in [2.05, 4.69) is 26.1 Å². The Kier molecular flexibility index (Phi) is 6.10. The van der Waals surface area contributed by atoms with E-state index in [9.17, 15) is 13.2 Å². The summed E-state index contributed by atoms with van der Waals surface area (Å²) < 4.78 is 24.6. The SMILES string of the molecule is CC(C)(C)c1ccccc1NC(=O)Cc1ccc(C(C)(C)C)c(S(C)(=O)=O)c1. The molecule has 2 rings (SSSR count). The van der Waals surface area contributed by atoms with Gasteiger partial charge in [0.2, 0.25) is 5.91 Å². The lowest BCUT2D eigenvalue weighted by Crippen LogP contribution is -2.20. The number of benzene rings is 2. The van der Waals surface area contributed by atoms with Gasteiger partial charge in [-0.2, -0.15) is 0 Å². The van der Waals surface area contributed by atoms with Gasteiger partial charge in [0.25, 0.3) is 0 Å². The van der Waals surface area contributed by atoms with Crippen molar-refractivity contribution in [1.29, 1.82) is 0 Å². The zero-order valence-electron chi connectivity index (χ0n) is 17.9. The third-order valence-electron chi connectivity index (χ3n) is 4.63. The number of hydrogen-bond donors (Lipinski definition) is 1. The smallest absolute Gasteiger partial charge is 0.228 e. The zero-order valence-corrected chi connectivity index (χ0v) is 18.7. The van der Waals surface area contributed by atoms with E-state index in [4.69, 9.17) is 0 Å². The molecule has 0 bridgehead atoms. The van der Waals surface area contributed by atoms with Crippen LogP contribution in [0.15, 0.2) is 47.4 Å². The van der Waals surface area contributed by atoms with Crippen LogP contribution in [0.1, 0.15) is 58.2 Å². The van der Waals surface area contributed by atoms with Gasteiger partial charge in [0.15, 0.2) is 9.84 Å². The average Bonchev–Trinajstić information content (AvgIpc) is 2.52. The molecule has 0 atom stereocenters. The molecule has 0 spiro atoms. The Bertz CT molecular complexity index is 978. The van der Waals surface area contributed by atoms with Crippen molar-refractivity contribution in [2.45, 2.75) is 63.7 Å². The van der Waals surface area contributed by atoms with Crippen LogP contribution in [0, 0.1) is 0 Å². The summed E-state index contributed by atoms with van der Waals surface area (Å²) in [5.41, 5.74) is 2.89. The summed E-state index contributed by atoms with van der Waals surface area (Å²) in [6.45, 7) is 12.2. The van der Waals surface area contributed by atoms with Crippen molar-refractivity contribution in [2.24, 2.45) is 0 Å². The molecule has 0 aromatic heterocycles. The monoisotopic (exact) mass is 401 g/mol. The number of rotatable bonds is 4. The minimum absolute atomic E-state index is 0.0955. The van der Waals surface area contributed by atoms with E-state index in [-0.39, 0.29) is 23.2 Å². The van der Waals surface area contributed by atoms with Gasteiger partial charge in [0.1, 0.15) is 0 Å². The van der Waals surface area contributed by atoms with E-state index in [1.54, 1.807) is 6.07 Å². The van der Waals surface area contributed by atoms with Crippen LogP contribution in [0.2, 0.25) is 0 Å². The number of carbonyl (C=O) groups is 1. The fourth-order valence-electron chi connectivity index (χ4n) is 3.23. The average molecular weight is 402 g/mol. The standard InChI is InChI=1S/C23H31NO3S/c1-22(2,3)17-10-8-9-11-19(17)24-21(25)15-16-12-13-18(23(4,5)6)20(14-16)28(7,26)27/h8-14H,15H2,1-7H3,(H,24,25). The van der Waals surface area contributed by atoms with Gasteiger partial charge in [-0.15, -0.1) is 0 Å². The fraction of sp³-hybridized carbons (Fsp3) is 0.435. The summed E-state index contributed by atoms with van der Waals surface area (Å²) in [6.07, 6.45) is 1.33. The largest absolute Gasteiger partial charge is 0.326 e. The molecule has 0 unspecified atom stereocenters. The number of nitrogens with one attached hydrogen (secondary N) is 1. The molecular weight excluding hydrogens is 370 g/mol. The molecule has 0 fully saturated rings. The maximum absolute atomic E-state index is 12.6. The highest BCUT2D eigenvalue weighted by Crippen LogP contribution is 2.31. The third-order valence-corrected chi connectivity index (χ3v) is 5.76. The van der Waals surface area contributed by atoms with Gasteiger partial charge < -0.3 is 5.32 Å². The molecular formula is C23H31NO3S. The summed E-state index contributed by atoms with van der Waals surface area (Å²) >= 11 is 0. The van der Waals surface area contributed by atoms with E-state index in [1.807, 2.05) is 57.2 Å². The van der Waals surface area contributed by atoms with E-state index in [0.29, 0.717) is 10.5 Å². The van der Waals surface area contributed by atoms with Gasteiger partial charge in [-0.3, -0.25) is 4.79 Å². The normalized spacial score (nSPS) is 12.7. The Hall–Kier alpha value is -2.14. The van der Waals surface area contributed by atoms with Crippen LogP contribution in [0.25, 0.3) is 0 Å². The first kappa shape index (κ1) is 22.2. The first-order valence-electron chi connectivity index (χ1n) is 9.42. The molecule has 0 radical (unpaired) electrons. The second-order valence-corrected chi connectivity index (χ2v) is 11.4. The molecule has 1 amide bonds. The minimum atomic E-state index is -3.39. The first-order chi connectivity index (χ1) is 12.7. The lowest BCUT2D eigenvalue weighted by Gasteiger charge is -2.23. The molecule has 4 nitrogen and oxygen atoms in total. The second-order valence-electron chi connectivity index (χ2n) is 9.37. The lowest BCUT2D eigenvalue weighted by molar-refractivity contribution is -0.115. The van der Waals surface area contributed by atoms with Crippen LogP contribution in [-0.4, -0.2) is 20.6 Å². The Labute approximate surface area is 169 Å². The predicted octanol–water partition coefficient (Wildman–Crippen LogP) is 4.87. The number of sulfone groups is 1. The maximum Gasteiger partial charge on any atom is 0.228 e. The molecule has 0 aliphatic carbocycles. The maximum atomic E-state index is 12.6. The van der Waals surface area contributed by atoms with Crippen molar-refractivity contribution < 1.29 is 13.2 Å². The van der Waals surface area contributed by atoms with Crippen LogP contribution in [0.4, 0.5) is 5.69 Å². The Morgan fingerprint density at radius 3 is 2.00 bits per heavy atom. The summed E-state index contributed by atoms with van der Waals surface area (Å²) in [5, 5.41) is 2.98. The lowest BCUT2D eigenvalue weighted by atomic mass is 9.85. The Balaban J connectivity index is 2.31. The van der Waals surface area contributed by atoms with Gasteiger partial charge >= 0.3 is 0 Å². The number of anilines is 1. The highest BCUT2D eigenvalue weighted by atomic mass is 32.2. The van der Waals surface area contributed by atoms with Crippen molar-refractivity contribution in [3.63, 3.8) is 0 Å². The van der Waals surface area contributed by atoms with Gasteiger partial charge in [-0.05, 0) is 39.7 Å². The quantitative estimate of drug-likeness (QED) is 0.795. The molecule has 2 aromatic rings. The van der Waals surface area contributed by atoms with Crippen molar-refractivity contribution in [2.75, 3.05) is 11.6 Å². The molecule has 0 aliphatic rings. The van der Waals surface area contributed by atoms with Gasteiger partial charge in [0, 0.05) is 11.9 Å². The third kappa shape index (κ3) is 5.44.